The van der Waals surface area contributed by atoms with E-state index in [1.807, 2.05) is 23.5 Å². The number of hydrogen-bond donors (Lipinski definition) is 0. The molecule has 2 nitrogen and oxygen atoms in total. The first-order valence-electron chi connectivity index (χ1n) is 19.3. The highest BCUT2D eigenvalue weighted by Gasteiger charge is 2.41. The molecule has 3 atom stereocenters. The molecule has 266 valence electrons. The van der Waals surface area contributed by atoms with Crippen LogP contribution in [-0.2, 0) is 5.41 Å². The summed E-state index contributed by atoms with van der Waals surface area (Å²) in [7, 11) is 0. The molecule has 2 aliphatic heterocycles. The van der Waals surface area contributed by atoms with Crippen LogP contribution in [0.2, 0.25) is 0 Å². The Hall–Kier alpha value is -5.42. The quantitative estimate of drug-likeness (QED) is 0.167. The fourth-order valence-electron chi connectivity index (χ4n) is 9.46. The van der Waals surface area contributed by atoms with Crippen LogP contribution in [0.4, 0.5) is 28.4 Å². The van der Waals surface area contributed by atoms with Crippen LogP contribution in [-0.4, -0.2) is 16.5 Å². The van der Waals surface area contributed by atoms with Gasteiger partial charge in [0.05, 0.1) is 17.0 Å². The molecule has 0 fully saturated rings. The van der Waals surface area contributed by atoms with E-state index in [-0.39, 0.29) is 11.5 Å². The minimum atomic E-state index is -0.202. The third-order valence-electron chi connectivity index (χ3n) is 12.1. The maximum absolute atomic E-state index is 2.57. The lowest BCUT2D eigenvalue weighted by Gasteiger charge is -2.38. The maximum atomic E-state index is 2.57. The topological polar surface area (TPSA) is 6.48 Å². The van der Waals surface area contributed by atoms with Crippen LogP contribution in [0.1, 0.15) is 42.5 Å². The zero-order valence-corrected chi connectivity index (χ0v) is 32.5. The monoisotopic (exact) mass is 744 g/mol. The molecule has 2 heterocycles. The van der Waals surface area contributed by atoms with Gasteiger partial charge in [-0.25, -0.2) is 0 Å². The zero-order valence-electron chi connectivity index (χ0n) is 30.9. The third kappa shape index (κ3) is 5.18. The molecule has 0 radical (unpaired) electrons. The maximum Gasteiger partial charge on any atom is 0.0688 e. The SMILES string of the molecule is CC1(C)c2cc(N(c3ccccc3)c3cccc4c3SC3CC=CC=C43)ccc2-c2ccc(N(c3ccccc3)C3C=CC=C4c5ccccc5SC43)cc21. The van der Waals surface area contributed by atoms with Gasteiger partial charge in [0, 0.05) is 43.2 Å². The highest BCUT2D eigenvalue weighted by atomic mass is 32.2. The van der Waals surface area contributed by atoms with Crippen LogP contribution in [0.3, 0.4) is 0 Å². The molecule has 0 amide bonds. The van der Waals surface area contributed by atoms with Crippen LogP contribution < -0.4 is 9.80 Å². The average Bonchev–Trinajstić information content (AvgIpc) is 3.88. The van der Waals surface area contributed by atoms with E-state index >= 15 is 0 Å². The van der Waals surface area contributed by atoms with Crippen LogP contribution in [0.25, 0.3) is 22.3 Å². The Balaban J connectivity index is 1.00. The van der Waals surface area contributed by atoms with Gasteiger partial charge >= 0.3 is 0 Å². The molecular weight excluding hydrogens is 705 g/mol. The normalized spacial score (nSPS) is 20.4. The second kappa shape index (κ2) is 12.8. The molecule has 6 aromatic carbocycles. The van der Waals surface area contributed by atoms with Gasteiger partial charge in [-0.1, -0.05) is 129 Å². The predicted octanol–water partition coefficient (Wildman–Crippen LogP) is 13.9. The minimum Gasteiger partial charge on any atom is -0.333 e. The van der Waals surface area contributed by atoms with E-state index < -0.39 is 0 Å². The third-order valence-corrected chi connectivity index (χ3v) is 14.9. The lowest BCUT2D eigenvalue weighted by Crippen LogP contribution is -2.38. The van der Waals surface area contributed by atoms with Gasteiger partial charge in [-0.05, 0) is 112 Å². The summed E-state index contributed by atoms with van der Waals surface area (Å²) in [6.07, 6.45) is 14.9. The van der Waals surface area contributed by atoms with Crippen LogP contribution in [0.15, 0.2) is 186 Å². The summed E-state index contributed by atoms with van der Waals surface area (Å²) in [5.74, 6) is 0. The lowest BCUT2D eigenvalue weighted by molar-refractivity contribution is 0.659. The van der Waals surface area contributed by atoms with Crippen molar-refractivity contribution in [2.45, 2.75) is 52.0 Å². The molecule has 4 heteroatoms. The Morgan fingerprint density at radius 2 is 1.24 bits per heavy atom. The van der Waals surface area contributed by atoms with Gasteiger partial charge < -0.3 is 9.80 Å². The number of anilines is 5. The molecule has 5 aliphatic rings. The molecule has 0 bridgehead atoms. The smallest absolute Gasteiger partial charge is 0.0688 e. The van der Waals surface area contributed by atoms with Crippen LogP contribution >= 0.6 is 23.5 Å². The fraction of sp³-hybridized carbons (Fsp3) is 0.137. The summed E-state index contributed by atoms with van der Waals surface area (Å²) < 4.78 is 0. The Morgan fingerprint density at radius 3 is 2.04 bits per heavy atom. The van der Waals surface area contributed by atoms with E-state index in [2.05, 4.69) is 200 Å². The molecule has 6 aromatic rings. The highest BCUT2D eigenvalue weighted by Crippen LogP contribution is 2.56. The molecule has 3 aliphatic carbocycles. The molecule has 55 heavy (non-hydrogen) atoms. The Bertz CT molecular complexity index is 2630. The van der Waals surface area contributed by atoms with Gasteiger partial charge in [0.1, 0.15) is 0 Å². The van der Waals surface area contributed by atoms with Crippen molar-refractivity contribution in [2.75, 3.05) is 9.80 Å². The van der Waals surface area contributed by atoms with E-state index in [1.165, 1.54) is 82.8 Å². The van der Waals surface area contributed by atoms with Crippen LogP contribution in [0, 0.1) is 0 Å². The van der Waals surface area contributed by atoms with Gasteiger partial charge in [0.2, 0.25) is 0 Å². The van der Waals surface area contributed by atoms with E-state index in [0.29, 0.717) is 10.5 Å². The van der Waals surface area contributed by atoms with Crippen molar-refractivity contribution in [3.8, 4) is 11.1 Å². The molecule has 0 N–H and O–H groups in total. The van der Waals surface area contributed by atoms with Crippen molar-refractivity contribution in [3.63, 3.8) is 0 Å². The number of rotatable bonds is 6. The first-order chi connectivity index (χ1) is 27.0. The Labute approximate surface area is 332 Å². The van der Waals surface area contributed by atoms with Gasteiger partial charge in [-0.3, -0.25) is 0 Å². The van der Waals surface area contributed by atoms with E-state index in [9.17, 15) is 0 Å². The second-order valence-electron chi connectivity index (χ2n) is 15.5. The number of para-hydroxylation sites is 2. The van der Waals surface area contributed by atoms with Crippen molar-refractivity contribution in [1.82, 2.24) is 0 Å². The van der Waals surface area contributed by atoms with E-state index in [1.54, 1.807) is 0 Å². The molecule has 0 aromatic heterocycles. The minimum absolute atomic E-state index is 0.164. The van der Waals surface area contributed by atoms with Crippen molar-refractivity contribution in [3.05, 3.63) is 198 Å². The summed E-state index contributed by atoms with van der Waals surface area (Å²) in [6.45, 7) is 4.83. The standard InChI is InChI=1S/C51H40N2S2/c1-51(2)43-31-35(52(33-15-5-3-6-16-33)45-23-13-21-41-39-19-9-11-25-47(39)54-49(41)45)27-29-37(43)38-30-28-36(32-44(38)51)53(34-17-7-4-8-18-34)46-24-14-22-42-40-20-10-12-26-48(40)55-50(42)46/h3-25,27-32,45,48-49H,26H2,1-2H3. The molecule has 0 saturated carbocycles. The average molecular weight is 745 g/mol. The van der Waals surface area contributed by atoms with Crippen molar-refractivity contribution >= 4 is 63.1 Å². The van der Waals surface area contributed by atoms with Gasteiger partial charge in [0.15, 0.2) is 0 Å². The van der Waals surface area contributed by atoms with E-state index in [4.69, 9.17) is 0 Å². The first kappa shape index (κ1) is 33.0. The molecule has 0 saturated heterocycles. The number of nitrogens with zero attached hydrogens (tertiary/aromatic N) is 2. The number of allylic oxidation sites excluding steroid dienone is 5. The fourth-order valence-corrected chi connectivity index (χ4v) is 12.3. The Kier molecular flexibility index (Phi) is 7.69. The number of thioether (sulfide) groups is 2. The number of hydrogen-bond acceptors (Lipinski definition) is 4. The number of benzene rings is 6. The summed E-state index contributed by atoms with van der Waals surface area (Å²) in [4.78, 5) is 7.80. The summed E-state index contributed by atoms with van der Waals surface area (Å²) in [5, 5.41) is 0.785. The molecule has 3 unspecified atom stereocenters. The van der Waals surface area contributed by atoms with Crippen molar-refractivity contribution in [1.29, 1.82) is 0 Å². The Morgan fingerprint density at radius 1 is 0.564 bits per heavy atom. The van der Waals surface area contributed by atoms with E-state index in [0.717, 1.165) is 6.42 Å². The molecule has 11 rings (SSSR count). The van der Waals surface area contributed by atoms with Crippen molar-refractivity contribution in [2.24, 2.45) is 0 Å². The summed E-state index contributed by atoms with van der Waals surface area (Å²) in [6, 6.07) is 52.2. The highest BCUT2D eigenvalue weighted by molar-refractivity contribution is 8.01. The summed E-state index contributed by atoms with van der Waals surface area (Å²) >= 11 is 4.02. The first-order valence-corrected chi connectivity index (χ1v) is 21.1. The second-order valence-corrected chi connectivity index (χ2v) is 17.9. The van der Waals surface area contributed by atoms with Gasteiger partial charge in [0.25, 0.3) is 0 Å². The number of fused-ring (bicyclic) bond motifs is 9. The van der Waals surface area contributed by atoms with Gasteiger partial charge in [-0.15, -0.1) is 23.5 Å². The molecule has 0 spiro atoms. The van der Waals surface area contributed by atoms with Gasteiger partial charge in [-0.2, -0.15) is 0 Å². The molecular formula is C51H40N2S2. The summed E-state index contributed by atoms with van der Waals surface area (Å²) in [5.41, 5.74) is 16.9. The lowest BCUT2D eigenvalue weighted by atomic mass is 9.82. The zero-order chi connectivity index (χ0) is 36.7. The van der Waals surface area contributed by atoms with Crippen molar-refractivity contribution < 1.29 is 0 Å². The van der Waals surface area contributed by atoms with Crippen LogP contribution in [0.5, 0.6) is 0 Å². The predicted molar refractivity (Wildman–Crippen MR) is 236 cm³/mol. The largest absolute Gasteiger partial charge is 0.333 e.